The number of benzene rings is 1. The van der Waals surface area contributed by atoms with Gasteiger partial charge in [-0.15, -0.1) is 0 Å². The van der Waals surface area contributed by atoms with E-state index >= 15 is 0 Å². The number of nitrogens with two attached hydrogens (primary N) is 1. The van der Waals surface area contributed by atoms with Crippen LogP contribution in [0.4, 0.5) is 11.5 Å². The monoisotopic (exact) mass is 342 g/mol. The van der Waals surface area contributed by atoms with E-state index in [2.05, 4.69) is 34.3 Å². The Morgan fingerprint density at radius 3 is 2.54 bits per heavy atom. The van der Waals surface area contributed by atoms with Gasteiger partial charge in [0.2, 0.25) is 0 Å². The Hall–Kier alpha value is -2.33. The topological polar surface area (TPSA) is 63.8 Å². The van der Waals surface area contributed by atoms with Crippen LogP contribution in [0.15, 0.2) is 36.5 Å². The highest BCUT2D eigenvalue weighted by Crippen LogP contribution is 2.19. The second kappa shape index (κ2) is 7.97. The Morgan fingerprint density at radius 1 is 1.17 bits per heavy atom. The number of pyridine rings is 2. The van der Waals surface area contributed by atoms with Gasteiger partial charge in [-0.25, -0.2) is 4.98 Å². The summed E-state index contributed by atoms with van der Waals surface area (Å²) in [7, 11) is 1.88. The Morgan fingerprint density at radius 2 is 1.92 bits per heavy atom. The second-order valence-electron chi connectivity index (χ2n) is 5.61. The number of hydrogen-bond donors (Lipinski definition) is 2. The molecule has 126 valence electrons. The Kier molecular flexibility index (Phi) is 5.99. The van der Waals surface area contributed by atoms with Crippen molar-refractivity contribution in [1.29, 1.82) is 0 Å². The van der Waals surface area contributed by atoms with Crippen LogP contribution in [0, 0.1) is 13.8 Å². The summed E-state index contributed by atoms with van der Waals surface area (Å²) in [5.41, 5.74) is 11.0. The number of aromatic nitrogens is 2. The molecule has 0 saturated heterocycles. The Balaban J connectivity index is 0.000000177. The fourth-order valence-corrected chi connectivity index (χ4v) is 2.78. The molecule has 5 heteroatoms. The van der Waals surface area contributed by atoms with Crippen LogP contribution in [0.25, 0.3) is 10.9 Å². The first kappa shape index (κ1) is 18.0. The molecule has 0 aliphatic rings. The van der Waals surface area contributed by atoms with Gasteiger partial charge in [0.05, 0.1) is 21.9 Å². The number of nitrogens with one attached hydrogen (secondary N) is 1. The molecule has 0 amide bonds. The molecule has 0 atom stereocenters. The lowest BCUT2D eigenvalue weighted by Gasteiger charge is -2.08. The van der Waals surface area contributed by atoms with Gasteiger partial charge in [0, 0.05) is 18.6 Å². The van der Waals surface area contributed by atoms with Crippen molar-refractivity contribution in [2.75, 3.05) is 18.1 Å². The maximum atomic E-state index is 5.85. The summed E-state index contributed by atoms with van der Waals surface area (Å²) in [5, 5.41) is 4.89. The summed E-state index contributed by atoms with van der Waals surface area (Å²) in [6.45, 7) is 6.09. The highest BCUT2D eigenvalue weighted by molar-refractivity contribution is 6.31. The predicted octanol–water partition coefficient (Wildman–Crippen LogP) is 4.77. The minimum Gasteiger partial charge on any atom is -0.386 e. The Labute approximate surface area is 148 Å². The minimum atomic E-state index is 0.582. The third-order valence-electron chi connectivity index (χ3n) is 3.79. The highest BCUT2D eigenvalue weighted by Gasteiger charge is 2.01. The van der Waals surface area contributed by atoms with Crippen molar-refractivity contribution >= 4 is 34.0 Å². The molecule has 3 N–H and O–H groups in total. The van der Waals surface area contributed by atoms with Gasteiger partial charge >= 0.3 is 0 Å². The zero-order valence-electron chi connectivity index (χ0n) is 14.5. The number of nitrogen functional groups attached to an aromatic ring is 1. The van der Waals surface area contributed by atoms with Gasteiger partial charge in [-0.1, -0.05) is 24.6 Å². The molecule has 2 aromatic heterocycles. The van der Waals surface area contributed by atoms with E-state index in [1.165, 1.54) is 5.56 Å². The molecule has 0 aliphatic carbocycles. The zero-order chi connectivity index (χ0) is 17.7. The third kappa shape index (κ3) is 4.36. The van der Waals surface area contributed by atoms with Gasteiger partial charge in [0.15, 0.2) is 0 Å². The summed E-state index contributed by atoms with van der Waals surface area (Å²) < 4.78 is 0. The van der Waals surface area contributed by atoms with Crippen LogP contribution in [-0.4, -0.2) is 17.0 Å². The van der Waals surface area contributed by atoms with Crippen LogP contribution in [-0.2, 0) is 6.42 Å². The minimum absolute atomic E-state index is 0.582. The van der Waals surface area contributed by atoms with Crippen LogP contribution in [0.2, 0.25) is 5.02 Å². The Bertz CT molecular complexity index is 823. The summed E-state index contributed by atoms with van der Waals surface area (Å²) in [6.07, 6.45) is 2.72. The van der Waals surface area contributed by atoms with Gasteiger partial charge < -0.3 is 11.1 Å². The van der Waals surface area contributed by atoms with E-state index in [4.69, 9.17) is 17.3 Å². The van der Waals surface area contributed by atoms with E-state index in [9.17, 15) is 0 Å². The SMILES string of the molecule is CCc1ccc2ncc(Cl)cc2c1.CNc1c(C)cc(N)nc1C. The normalized spacial score (nSPS) is 10.2. The molecule has 0 fully saturated rings. The van der Waals surface area contributed by atoms with E-state index in [-0.39, 0.29) is 0 Å². The molecular weight excluding hydrogens is 320 g/mol. The van der Waals surface area contributed by atoms with Crippen LogP contribution >= 0.6 is 11.6 Å². The number of aryl methyl sites for hydroxylation is 3. The number of fused-ring (bicyclic) bond motifs is 1. The molecule has 3 rings (SSSR count). The van der Waals surface area contributed by atoms with Crippen molar-refractivity contribution in [2.45, 2.75) is 27.2 Å². The average Bonchev–Trinajstić information content (AvgIpc) is 2.54. The van der Waals surface area contributed by atoms with Gasteiger partial charge in [-0.2, -0.15) is 0 Å². The van der Waals surface area contributed by atoms with Crippen molar-refractivity contribution in [1.82, 2.24) is 9.97 Å². The van der Waals surface area contributed by atoms with Gasteiger partial charge in [-0.3, -0.25) is 4.98 Å². The molecule has 0 aliphatic heterocycles. The molecule has 0 bridgehead atoms. The molecule has 0 radical (unpaired) electrons. The van der Waals surface area contributed by atoms with Crippen molar-refractivity contribution < 1.29 is 0 Å². The van der Waals surface area contributed by atoms with E-state index in [1.807, 2.05) is 39.1 Å². The quantitative estimate of drug-likeness (QED) is 0.704. The second-order valence-corrected chi connectivity index (χ2v) is 6.05. The maximum Gasteiger partial charge on any atom is 0.124 e. The lowest BCUT2D eigenvalue weighted by atomic mass is 10.1. The van der Waals surface area contributed by atoms with Gasteiger partial charge in [0.25, 0.3) is 0 Å². The van der Waals surface area contributed by atoms with Gasteiger partial charge in [0.1, 0.15) is 5.82 Å². The molecule has 1 aromatic carbocycles. The molecular formula is C19H23ClN4. The van der Waals surface area contributed by atoms with Gasteiger partial charge in [-0.05, 0) is 55.7 Å². The molecule has 3 aromatic rings. The van der Waals surface area contributed by atoms with Crippen molar-refractivity contribution in [3.8, 4) is 0 Å². The first-order valence-corrected chi connectivity index (χ1v) is 8.28. The number of anilines is 2. The van der Waals surface area contributed by atoms with Crippen molar-refractivity contribution in [2.24, 2.45) is 0 Å². The molecule has 4 nitrogen and oxygen atoms in total. The standard InChI is InChI=1S/C11H10ClN.C8H13N3/c1-2-8-3-4-11-9(5-8)6-10(12)7-13-11;1-5-4-7(9)11-6(2)8(5)10-3/h3-7H,2H2,1H3;4,10H,1-3H3,(H2,9,11). The molecule has 0 saturated carbocycles. The highest BCUT2D eigenvalue weighted by atomic mass is 35.5. The third-order valence-corrected chi connectivity index (χ3v) is 3.99. The van der Waals surface area contributed by atoms with Crippen LogP contribution < -0.4 is 11.1 Å². The number of halogens is 1. The smallest absolute Gasteiger partial charge is 0.124 e. The lowest BCUT2D eigenvalue weighted by molar-refractivity contribution is 1.14. The van der Waals surface area contributed by atoms with Crippen LogP contribution in [0.5, 0.6) is 0 Å². The fraction of sp³-hybridized carbons (Fsp3) is 0.263. The predicted molar refractivity (Wildman–Crippen MR) is 104 cm³/mol. The molecule has 0 spiro atoms. The lowest BCUT2D eigenvalue weighted by Crippen LogP contribution is -2.00. The van der Waals surface area contributed by atoms with E-state index in [1.54, 1.807) is 6.20 Å². The molecule has 0 unspecified atom stereocenters. The number of rotatable bonds is 2. The first-order valence-electron chi connectivity index (χ1n) is 7.90. The molecule has 2 heterocycles. The summed E-state index contributed by atoms with van der Waals surface area (Å²) in [6, 6.07) is 10.1. The first-order chi connectivity index (χ1) is 11.4. The number of nitrogens with zero attached hydrogens (tertiary/aromatic N) is 2. The van der Waals surface area contributed by atoms with E-state index < -0.39 is 0 Å². The van der Waals surface area contributed by atoms with Crippen molar-refractivity contribution in [3.05, 3.63) is 58.4 Å². The summed E-state index contributed by atoms with van der Waals surface area (Å²) in [5.74, 6) is 0.582. The van der Waals surface area contributed by atoms with E-state index in [0.717, 1.165) is 34.3 Å². The van der Waals surface area contributed by atoms with E-state index in [0.29, 0.717) is 10.8 Å². The largest absolute Gasteiger partial charge is 0.386 e. The van der Waals surface area contributed by atoms with Crippen molar-refractivity contribution in [3.63, 3.8) is 0 Å². The summed E-state index contributed by atoms with van der Waals surface area (Å²) in [4.78, 5) is 8.34. The zero-order valence-corrected chi connectivity index (χ0v) is 15.3. The number of hydrogen-bond acceptors (Lipinski definition) is 4. The van der Waals surface area contributed by atoms with Crippen LogP contribution in [0.3, 0.4) is 0 Å². The maximum absolute atomic E-state index is 5.85. The molecule has 24 heavy (non-hydrogen) atoms. The summed E-state index contributed by atoms with van der Waals surface area (Å²) >= 11 is 5.85. The average molecular weight is 343 g/mol. The van der Waals surface area contributed by atoms with Crippen LogP contribution in [0.1, 0.15) is 23.7 Å². The fourth-order valence-electron chi connectivity index (χ4n) is 2.61.